The highest BCUT2D eigenvalue weighted by molar-refractivity contribution is 5.98. The van der Waals surface area contributed by atoms with E-state index in [1.807, 2.05) is 0 Å². The van der Waals surface area contributed by atoms with Gasteiger partial charge in [-0.05, 0) is 0 Å². The molecule has 5 atom stereocenters. The number of aliphatic hydroxyl groups excluding tert-OH is 2. The number of aliphatic carboxylic acids is 3. The van der Waals surface area contributed by atoms with Gasteiger partial charge in [-0.3, -0.25) is 0 Å². The first kappa shape index (κ1) is 17.2. The van der Waals surface area contributed by atoms with Gasteiger partial charge in [0.15, 0.2) is 0 Å². The van der Waals surface area contributed by atoms with Crippen molar-refractivity contribution >= 4 is 17.9 Å². The van der Waals surface area contributed by atoms with Gasteiger partial charge in [-0.25, -0.2) is 14.4 Å². The number of carboxylic acid groups (broad SMARTS) is 3. The van der Waals surface area contributed by atoms with E-state index in [0.29, 0.717) is 0 Å². The van der Waals surface area contributed by atoms with E-state index in [0.717, 1.165) is 0 Å². The largest absolute Gasteiger partial charge is 0.479 e. The third kappa shape index (κ3) is 1.81. The minimum absolute atomic E-state index is 1.29. The first-order valence-electron chi connectivity index (χ1n) is 5.25. The molecule has 0 aromatic heterocycles. The molecule has 0 radical (unpaired) electrons. The quantitative estimate of drug-likeness (QED) is 0.245. The Hall–Kier alpha value is -1.83. The Morgan fingerprint density at radius 1 is 0.952 bits per heavy atom. The molecule has 1 heterocycles. The van der Waals surface area contributed by atoms with Gasteiger partial charge in [-0.1, -0.05) is 0 Å². The molecule has 0 spiro atoms. The van der Waals surface area contributed by atoms with Gasteiger partial charge < -0.3 is 45.6 Å². The van der Waals surface area contributed by atoms with E-state index in [2.05, 4.69) is 4.74 Å². The highest BCUT2D eigenvalue weighted by atomic mass is 16.7. The highest BCUT2D eigenvalue weighted by Crippen LogP contribution is 2.44. The zero-order valence-electron chi connectivity index (χ0n) is 10.1. The van der Waals surface area contributed by atoms with Crippen LogP contribution in [0.5, 0.6) is 0 Å². The van der Waals surface area contributed by atoms with Gasteiger partial charge in [0, 0.05) is 0 Å². The van der Waals surface area contributed by atoms with E-state index < -0.39 is 53.7 Å². The molecular formula is C9H12O12. The minimum atomic E-state index is -4.37. The van der Waals surface area contributed by atoms with E-state index in [4.69, 9.17) is 20.4 Å². The van der Waals surface area contributed by atoms with Gasteiger partial charge >= 0.3 is 23.7 Å². The minimum Gasteiger partial charge on any atom is -0.479 e. The Bertz CT molecular complexity index is 489. The molecular weight excluding hydrogens is 300 g/mol. The SMILES string of the molecule is O=C(O)C1(O)O[C@H](CO)[C@H](O)[C@@](O)(C(=O)O)[C@]1(O)C(=O)O. The van der Waals surface area contributed by atoms with E-state index in [1.54, 1.807) is 0 Å². The molecule has 0 aromatic rings. The van der Waals surface area contributed by atoms with Gasteiger partial charge in [0.05, 0.1) is 6.61 Å². The average molecular weight is 312 g/mol. The molecule has 1 aliphatic rings. The van der Waals surface area contributed by atoms with E-state index >= 15 is 0 Å². The predicted molar refractivity (Wildman–Crippen MR) is 55.7 cm³/mol. The summed E-state index contributed by atoms with van der Waals surface area (Å²) >= 11 is 0. The number of carbonyl (C=O) groups is 3. The molecule has 1 fully saturated rings. The van der Waals surface area contributed by atoms with Gasteiger partial charge in [0.25, 0.3) is 5.60 Å². The van der Waals surface area contributed by atoms with Crippen molar-refractivity contribution in [2.45, 2.75) is 29.2 Å². The van der Waals surface area contributed by atoms with Gasteiger partial charge in [-0.2, -0.15) is 0 Å². The number of carboxylic acids is 3. The summed E-state index contributed by atoms with van der Waals surface area (Å²) in [6, 6.07) is 0. The second-order valence-electron chi connectivity index (χ2n) is 4.32. The van der Waals surface area contributed by atoms with E-state index in [9.17, 15) is 34.8 Å². The Morgan fingerprint density at radius 3 is 1.71 bits per heavy atom. The third-order valence-corrected chi connectivity index (χ3v) is 3.25. The standard InChI is InChI=1S/C9H12O12/c10-1-2-3(11)7(18,4(12)13)8(19,5(14)15)9(20,21-2)6(16)17/h2-3,10-11,18-20H,1H2,(H,12,13)(H,14,15)(H,16,17)/t2-,3+,7-,8-,9?/m1/s1. The first-order chi connectivity index (χ1) is 9.41. The van der Waals surface area contributed by atoms with E-state index in [1.165, 1.54) is 0 Å². The van der Waals surface area contributed by atoms with Gasteiger partial charge in [0.2, 0.25) is 5.60 Å². The smallest absolute Gasteiger partial charge is 0.368 e. The third-order valence-electron chi connectivity index (χ3n) is 3.25. The molecule has 0 amide bonds. The first-order valence-corrected chi connectivity index (χ1v) is 5.25. The van der Waals surface area contributed by atoms with Crippen molar-refractivity contribution in [3.8, 4) is 0 Å². The number of ether oxygens (including phenoxy) is 1. The monoisotopic (exact) mass is 312 g/mol. The number of rotatable bonds is 4. The molecule has 0 bridgehead atoms. The predicted octanol–water partition coefficient (Wildman–Crippen LogP) is -4.86. The van der Waals surface area contributed by atoms with E-state index in [-0.39, 0.29) is 0 Å². The van der Waals surface area contributed by atoms with Crippen molar-refractivity contribution in [3.05, 3.63) is 0 Å². The van der Waals surface area contributed by atoms with Crippen LogP contribution < -0.4 is 0 Å². The van der Waals surface area contributed by atoms with Crippen molar-refractivity contribution < 1.29 is 60.0 Å². The molecule has 120 valence electrons. The van der Waals surface area contributed by atoms with Crippen LogP contribution in [0.15, 0.2) is 0 Å². The van der Waals surface area contributed by atoms with Gasteiger partial charge in [-0.15, -0.1) is 0 Å². The Morgan fingerprint density at radius 2 is 1.43 bits per heavy atom. The van der Waals surface area contributed by atoms with Crippen LogP contribution in [0, 0.1) is 0 Å². The number of hydrogen-bond donors (Lipinski definition) is 8. The lowest BCUT2D eigenvalue weighted by Crippen LogP contribution is -2.86. The number of hydrogen-bond acceptors (Lipinski definition) is 9. The molecule has 1 aliphatic heterocycles. The molecule has 1 unspecified atom stereocenters. The number of aliphatic hydroxyl groups is 5. The van der Waals surface area contributed by atoms with Crippen LogP contribution in [-0.2, 0) is 19.1 Å². The summed E-state index contributed by atoms with van der Waals surface area (Å²) in [5.74, 6) is -12.0. The van der Waals surface area contributed by atoms with Crippen molar-refractivity contribution in [2.24, 2.45) is 0 Å². The van der Waals surface area contributed by atoms with Crippen LogP contribution in [0.2, 0.25) is 0 Å². The molecule has 21 heavy (non-hydrogen) atoms. The molecule has 1 rings (SSSR count). The zero-order valence-corrected chi connectivity index (χ0v) is 10.1. The summed E-state index contributed by atoms with van der Waals surface area (Å²) < 4.78 is 4.22. The second-order valence-corrected chi connectivity index (χ2v) is 4.32. The fourth-order valence-corrected chi connectivity index (χ4v) is 2.04. The Labute approximate surface area is 115 Å². The lowest BCUT2D eigenvalue weighted by Gasteiger charge is -2.52. The van der Waals surface area contributed by atoms with Crippen molar-refractivity contribution in [1.82, 2.24) is 0 Å². The van der Waals surface area contributed by atoms with Gasteiger partial charge in [0.1, 0.15) is 12.2 Å². The van der Waals surface area contributed by atoms with Crippen LogP contribution in [-0.4, -0.2) is 94.6 Å². The highest BCUT2D eigenvalue weighted by Gasteiger charge is 2.82. The Kier molecular flexibility index (Phi) is 3.99. The maximum atomic E-state index is 11.1. The van der Waals surface area contributed by atoms with Crippen molar-refractivity contribution in [2.75, 3.05) is 6.61 Å². The normalized spacial score (nSPS) is 43.3. The molecule has 0 aromatic carbocycles. The fourth-order valence-electron chi connectivity index (χ4n) is 2.04. The summed E-state index contributed by atoms with van der Waals surface area (Å²) in [4.78, 5) is 33.2. The molecule has 1 saturated heterocycles. The molecule has 12 heteroatoms. The maximum Gasteiger partial charge on any atom is 0.368 e. The lowest BCUT2D eigenvalue weighted by atomic mass is 9.69. The molecule has 0 aliphatic carbocycles. The average Bonchev–Trinajstić information content (AvgIpc) is 2.39. The molecule has 12 nitrogen and oxygen atoms in total. The topological polar surface area (TPSA) is 222 Å². The molecule has 8 N–H and O–H groups in total. The second kappa shape index (κ2) is 4.87. The zero-order chi connectivity index (χ0) is 16.8. The summed E-state index contributed by atoms with van der Waals surface area (Å²) in [7, 11) is 0. The van der Waals surface area contributed by atoms with Crippen molar-refractivity contribution in [1.29, 1.82) is 0 Å². The summed E-state index contributed by atoms with van der Waals surface area (Å²) in [6.45, 7) is -1.29. The fraction of sp³-hybridized carbons (Fsp3) is 0.667. The van der Waals surface area contributed by atoms with Crippen LogP contribution in [0.4, 0.5) is 0 Å². The van der Waals surface area contributed by atoms with Crippen LogP contribution in [0.1, 0.15) is 0 Å². The summed E-state index contributed by atoms with van der Waals surface area (Å²) in [6.07, 6.45) is -4.97. The Balaban J connectivity index is 3.74. The van der Waals surface area contributed by atoms with Crippen molar-refractivity contribution in [3.63, 3.8) is 0 Å². The maximum absolute atomic E-state index is 11.1. The summed E-state index contributed by atoms with van der Waals surface area (Å²) in [5, 5.41) is 74.6. The van der Waals surface area contributed by atoms with Crippen LogP contribution in [0.3, 0.4) is 0 Å². The molecule has 0 saturated carbocycles. The lowest BCUT2D eigenvalue weighted by molar-refractivity contribution is -0.387. The van der Waals surface area contributed by atoms with Crippen LogP contribution >= 0.6 is 0 Å². The van der Waals surface area contributed by atoms with Crippen LogP contribution in [0.25, 0.3) is 0 Å². The summed E-state index contributed by atoms with van der Waals surface area (Å²) in [5.41, 5.74) is -8.46.